The van der Waals surface area contributed by atoms with E-state index < -0.39 is 0 Å². The number of aromatic amines is 1. The summed E-state index contributed by atoms with van der Waals surface area (Å²) in [5.41, 5.74) is 4.84. The molecule has 0 aliphatic heterocycles. The largest absolute Gasteiger partial charge is 0.463 e. The van der Waals surface area contributed by atoms with Crippen molar-refractivity contribution in [2.75, 3.05) is 0 Å². The SMILES string of the molecule is Cc1[nH]c2ccccc2c1/C=N/c1c(-c2ccco2)nc2ccccn12. The monoisotopic (exact) mass is 340 g/mol. The zero-order chi connectivity index (χ0) is 17.5. The number of hydrogen-bond donors (Lipinski definition) is 1. The maximum absolute atomic E-state index is 5.56. The second kappa shape index (κ2) is 5.74. The molecule has 0 spiro atoms. The molecular formula is C21H16N4O. The highest BCUT2D eigenvalue weighted by Gasteiger charge is 2.15. The van der Waals surface area contributed by atoms with Gasteiger partial charge in [-0.15, -0.1) is 0 Å². The van der Waals surface area contributed by atoms with E-state index in [9.17, 15) is 0 Å². The smallest absolute Gasteiger partial charge is 0.168 e. The van der Waals surface area contributed by atoms with Gasteiger partial charge in [-0.1, -0.05) is 24.3 Å². The van der Waals surface area contributed by atoms with Crippen LogP contribution in [0.5, 0.6) is 0 Å². The molecule has 0 fully saturated rings. The summed E-state index contributed by atoms with van der Waals surface area (Å²) in [5.74, 6) is 1.46. The van der Waals surface area contributed by atoms with E-state index in [-0.39, 0.29) is 0 Å². The number of aromatic nitrogens is 3. The van der Waals surface area contributed by atoms with Gasteiger partial charge in [0.15, 0.2) is 17.3 Å². The summed E-state index contributed by atoms with van der Waals surface area (Å²) in [4.78, 5) is 12.9. The van der Waals surface area contributed by atoms with E-state index in [4.69, 9.17) is 9.41 Å². The Balaban J connectivity index is 1.70. The van der Waals surface area contributed by atoms with Gasteiger partial charge in [0, 0.05) is 34.6 Å². The lowest BCUT2D eigenvalue weighted by molar-refractivity contribution is 0.580. The molecule has 4 heterocycles. The van der Waals surface area contributed by atoms with E-state index in [2.05, 4.69) is 29.0 Å². The van der Waals surface area contributed by atoms with Gasteiger partial charge in [0.25, 0.3) is 0 Å². The van der Waals surface area contributed by atoms with Crippen LogP contribution >= 0.6 is 0 Å². The van der Waals surface area contributed by atoms with Crippen LogP contribution in [0.25, 0.3) is 28.0 Å². The highest BCUT2D eigenvalue weighted by molar-refractivity contribution is 6.01. The molecule has 5 rings (SSSR count). The van der Waals surface area contributed by atoms with E-state index in [1.54, 1.807) is 6.26 Å². The van der Waals surface area contributed by atoms with Gasteiger partial charge < -0.3 is 9.40 Å². The summed E-state index contributed by atoms with van der Waals surface area (Å²) in [6, 6.07) is 17.9. The molecule has 0 atom stereocenters. The Morgan fingerprint density at radius 1 is 1.08 bits per heavy atom. The summed E-state index contributed by atoms with van der Waals surface area (Å²) in [7, 11) is 0. The zero-order valence-electron chi connectivity index (χ0n) is 14.2. The molecule has 4 aromatic heterocycles. The normalized spacial score (nSPS) is 11.9. The van der Waals surface area contributed by atoms with E-state index in [0.29, 0.717) is 5.76 Å². The van der Waals surface area contributed by atoms with Crippen molar-refractivity contribution in [2.24, 2.45) is 4.99 Å². The molecular weight excluding hydrogens is 324 g/mol. The third kappa shape index (κ3) is 2.25. The Hall–Kier alpha value is -3.60. The van der Waals surface area contributed by atoms with Gasteiger partial charge >= 0.3 is 0 Å². The Kier molecular flexibility index (Phi) is 3.25. The van der Waals surface area contributed by atoms with Gasteiger partial charge in [-0.2, -0.15) is 0 Å². The van der Waals surface area contributed by atoms with Gasteiger partial charge in [0.2, 0.25) is 0 Å². The van der Waals surface area contributed by atoms with Crippen molar-refractivity contribution in [3.05, 3.63) is 78.3 Å². The molecule has 0 amide bonds. The fourth-order valence-electron chi connectivity index (χ4n) is 3.28. The average Bonchev–Trinajstić information content (AvgIpc) is 3.37. The van der Waals surface area contributed by atoms with Crippen LogP contribution < -0.4 is 0 Å². The van der Waals surface area contributed by atoms with Crippen molar-refractivity contribution in [2.45, 2.75) is 6.92 Å². The van der Waals surface area contributed by atoms with Crippen molar-refractivity contribution >= 4 is 28.6 Å². The molecule has 26 heavy (non-hydrogen) atoms. The number of fused-ring (bicyclic) bond motifs is 2. The first-order chi connectivity index (χ1) is 12.8. The molecule has 126 valence electrons. The molecule has 1 aromatic carbocycles. The summed E-state index contributed by atoms with van der Waals surface area (Å²) in [6.07, 6.45) is 5.51. The van der Waals surface area contributed by atoms with Gasteiger partial charge in [-0.05, 0) is 37.3 Å². The van der Waals surface area contributed by atoms with Crippen molar-refractivity contribution in [1.29, 1.82) is 0 Å². The fourth-order valence-corrected chi connectivity index (χ4v) is 3.28. The number of nitrogens with one attached hydrogen (secondary N) is 1. The number of aryl methyl sites for hydroxylation is 1. The highest BCUT2D eigenvalue weighted by atomic mass is 16.3. The summed E-state index contributed by atoms with van der Waals surface area (Å²) >= 11 is 0. The first-order valence-electron chi connectivity index (χ1n) is 8.43. The topological polar surface area (TPSA) is 58.6 Å². The summed E-state index contributed by atoms with van der Waals surface area (Å²) < 4.78 is 7.54. The maximum atomic E-state index is 5.56. The number of benzene rings is 1. The standard InChI is InChI=1S/C21H16N4O/c1-14-16(15-7-2-3-8-17(15)23-14)13-22-21-20(18-9-6-12-26-18)24-19-10-4-5-11-25(19)21/h2-13,23H,1H3/b22-13+. The number of aliphatic imine (C=N–C) groups is 1. The Morgan fingerprint density at radius 3 is 2.85 bits per heavy atom. The minimum absolute atomic E-state index is 0.705. The van der Waals surface area contributed by atoms with E-state index in [1.807, 2.05) is 59.3 Å². The number of para-hydroxylation sites is 1. The molecule has 5 aromatic rings. The highest BCUT2D eigenvalue weighted by Crippen LogP contribution is 2.31. The second-order valence-electron chi connectivity index (χ2n) is 6.16. The van der Waals surface area contributed by atoms with Crippen molar-refractivity contribution in [3.63, 3.8) is 0 Å². The molecule has 5 nitrogen and oxygen atoms in total. The Bertz CT molecular complexity index is 1240. The van der Waals surface area contributed by atoms with Crippen LogP contribution in [0.15, 0.2) is 76.5 Å². The number of nitrogens with zero attached hydrogens (tertiary/aromatic N) is 3. The quantitative estimate of drug-likeness (QED) is 0.463. The first-order valence-corrected chi connectivity index (χ1v) is 8.43. The van der Waals surface area contributed by atoms with Gasteiger partial charge in [0.05, 0.1) is 6.26 Å². The molecule has 0 saturated heterocycles. The van der Waals surface area contributed by atoms with Crippen molar-refractivity contribution in [1.82, 2.24) is 14.4 Å². The van der Waals surface area contributed by atoms with Crippen molar-refractivity contribution in [3.8, 4) is 11.5 Å². The lowest BCUT2D eigenvalue weighted by Gasteiger charge is -1.98. The van der Waals surface area contributed by atoms with Crippen LogP contribution in [-0.2, 0) is 0 Å². The van der Waals surface area contributed by atoms with Gasteiger partial charge in [-0.3, -0.25) is 4.40 Å². The Labute approximate surface area is 149 Å². The zero-order valence-corrected chi connectivity index (χ0v) is 14.2. The van der Waals surface area contributed by atoms with Crippen LogP contribution in [0.3, 0.4) is 0 Å². The average molecular weight is 340 g/mol. The number of rotatable bonds is 3. The van der Waals surface area contributed by atoms with Gasteiger partial charge in [0.1, 0.15) is 5.65 Å². The molecule has 0 unspecified atom stereocenters. The third-order valence-corrected chi connectivity index (χ3v) is 4.52. The van der Waals surface area contributed by atoms with Gasteiger partial charge in [-0.25, -0.2) is 9.98 Å². The van der Waals surface area contributed by atoms with Crippen LogP contribution in [0.1, 0.15) is 11.3 Å². The predicted octanol–water partition coefficient (Wildman–Crippen LogP) is 5.13. The fraction of sp³-hybridized carbons (Fsp3) is 0.0476. The number of pyridine rings is 1. The first kappa shape index (κ1) is 14.7. The summed E-state index contributed by atoms with van der Waals surface area (Å²) in [5, 5.41) is 1.15. The van der Waals surface area contributed by atoms with Crippen LogP contribution in [0.2, 0.25) is 0 Å². The number of hydrogen-bond acceptors (Lipinski definition) is 3. The molecule has 5 heteroatoms. The van der Waals surface area contributed by atoms with E-state index >= 15 is 0 Å². The lowest BCUT2D eigenvalue weighted by Crippen LogP contribution is -1.86. The predicted molar refractivity (Wildman–Crippen MR) is 103 cm³/mol. The molecule has 0 saturated carbocycles. The van der Waals surface area contributed by atoms with E-state index in [0.717, 1.165) is 39.3 Å². The van der Waals surface area contributed by atoms with E-state index in [1.165, 1.54) is 0 Å². The molecule has 1 N–H and O–H groups in total. The van der Waals surface area contributed by atoms with Crippen molar-refractivity contribution < 1.29 is 4.42 Å². The minimum atomic E-state index is 0.705. The number of imidazole rings is 1. The number of furan rings is 1. The lowest BCUT2D eigenvalue weighted by atomic mass is 10.1. The molecule has 0 bridgehead atoms. The second-order valence-corrected chi connectivity index (χ2v) is 6.16. The van der Waals surface area contributed by atoms with Crippen LogP contribution in [0, 0.1) is 6.92 Å². The molecule has 0 radical (unpaired) electrons. The summed E-state index contributed by atoms with van der Waals surface area (Å²) in [6.45, 7) is 2.06. The maximum Gasteiger partial charge on any atom is 0.168 e. The molecule has 0 aliphatic rings. The van der Waals surface area contributed by atoms with Crippen LogP contribution in [-0.4, -0.2) is 20.6 Å². The Morgan fingerprint density at radius 2 is 1.96 bits per heavy atom. The molecule has 0 aliphatic carbocycles. The van der Waals surface area contributed by atoms with Crippen LogP contribution in [0.4, 0.5) is 5.82 Å². The minimum Gasteiger partial charge on any atom is -0.463 e. The number of H-pyrrole nitrogens is 1. The third-order valence-electron chi connectivity index (χ3n) is 4.52.